The first kappa shape index (κ1) is 19.8. The van der Waals surface area contributed by atoms with E-state index in [1.54, 1.807) is 12.1 Å². The third-order valence-electron chi connectivity index (χ3n) is 4.00. The first-order valence-corrected chi connectivity index (χ1v) is 11.3. The molecule has 9 heteroatoms. The van der Waals surface area contributed by atoms with Crippen LogP contribution in [0.1, 0.15) is 6.42 Å². The molecule has 2 aromatic carbocycles. The molecule has 0 aliphatic carbocycles. The van der Waals surface area contributed by atoms with Crippen LogP contribution in [-0.4, -0.2) is 31.8 Å². The Balaban J connectivity index is 1.78. The van der Waals surface area contributed by atoms with E-state index in [0.29, 0.717) is 10.6 Å². The number of hydrogen-bond donors (Lipinski definition) is 0. The minimum absolute atomic E-state index is 0.160. The van der Waals surface area contributed by atoms with Gasteiger partial charge < -0.3 is 9.30 Å². The number of fused-ring (bicyclic) bond motifs is 1. The molecule has 3 aromatic rings. The lowest BCUT2D eigenvalue weighted by atomic mass is 10.3. The second-order valence-corrected chi connectivity index (χ2v) is 9.75. The van der Waals surface area contributed by atoms with Crippen molar-refractivity contribution in [1.29, 1.82) is 0 Å². The summed E-state index contributed by atoms with van der Waals surface area (Å²) in [5, 5.41) is 0. The van der Waals surface area contributed by atoms with E-state index < -0.39 is 15.7 Å². The lowest BCUT2D eigenvalue weighted by Crippen LogP contribution is -2.16. The number of amides is 1. The molecule has 0 atom stereocenters. The van der Waals surface area contributed by atoms with Crippen LogP contribution in [0.4, 0.5) is 0 Å². The molecule has 1 aromatic heterocycles. The molecule has 0 aliphatic rings. The Labute approximate surface area is 169 Å². The number of halogens is 1. The van der Waals surface area contributed by atoms with Crippen LogP contribution in [-0.2, 0) is 21.7 Å². The van der Waals surface area contributed by atoms with Crippen molar-refractivity contribution in [1.82, 2.24) is 4.57 Å². The van der Waals surface area contributed by atoms with Crippen molar-refractivity contribution in [3.8, 4) is 5.75 Å². The van der Waals surface area contributed by atoms with E-state index in [9.17, 15) is 13.2 Å². The van der Waals surface area contributed by atoms with Crippen LogP contribution in [0.3, 0.4) is 0 Å². The van der Waals surface area contributed by atoms with Gasteiger partial charge in [0, 0.05) is 17.9 Å². The number of carbonyl (C=O) groups is 1. The number of sulfone groups is 1. The molecule has 142 valence electrons. The van der Waals surface area contributed by atoms with Crippen LogP contribution in [0.25, 0.3) is 10.2 Å². The smallest absolute Gasteiger partial charge is 0.249 e. The monoisotopic (exact) mass is 468 g/mol. The third kappa shape index (κ3) is 4.31. The predicted octanol–water partition coefficient (Wildman–Crippen LogP) is 3.30. The quantitative estimate of drug-likeness (QED) is 0.575. The number of aromatic nitrogens is 1. The molecule has 27 heavy (non-hydrogen) atoms. The van der Waals surface area contributed by atoms with Gasteiger partial charge in [0.1, 0.15) is 5.75 Å². The van der Waals surface area contributed by atoms with Crippen molar-refractivity contribution in [3.63, 3.8) is 0 Å². The summed E-state index contributed by atoms with van der Waals surface area (Å²) < 4.78 is 33.5. The summed E-state index contributed by atoms with van der Waals surface area (Å²) >= 11 is 4.87. The number of thiazole rings is 1. The molecule has 0 spiro atoms. The average molecular weight is 469 g/mol. The first-order valence-electron chi connectivity index (χ1n) is 8.00. The molecule has 0 unspecified atom stereocenters. The summed E-state index contributed by atoms with van der Waals surface area (Å²) in [6.07, 6.45) is -0.177. The van der Waals surface area contributed by atoms with Gasteiger partial charge in [0.25, 0.3) is 0 Å². The molecule has 3 rings (SSSR count). The van der Waals surface area contributed by atoms with Gasteiger partial charge in [0.05, 0.1) is 28.0 Å². The van der Waals surface area contributed by atoms with Crippen molar-refractivity contribution in [3.05, 3.63) is 51.7 Å². The topological polar surface area (TPSA) is 77.7 Å². The van der Waals surface area contributed by atoms with Gasteiger partial charge in [-0.25, -0.2) is 8.42 Å². The number of rotatable bonds is 5. The highest BCUT2D eigenvalue weighted by Crippen LogP contribution is 2.25. The summed E-state index contributed by atoms with van der Waals surface area (Å²) in [6, 6.07) is 11.9. The van der Waals surface area contributed by atoms with Gasteiger partial charge in [0.2, 0.25) is 5.91 Å². The molecular weight excluding hydrogens is 452 g/mol. The molecule has 0 saturated carbocycles. The van der Waals surface area contributed by atoms with Crippen LogP contribution < -0.4 is 9.54 Å². The van der Waals surface area contributed by atoms with Gasteiger partial charge >= 0.3 is 0 Å². The first-order chi connectivity index (χ1) is 12.8. The summed E-state index contributed by atoms with van der Waals surface area (Å²) in [5.41, 5.74) is 0.944. The highest BCUT2D eigenvalue weighted by Gasteiger charge is 2.17. The van der Waals surface area contributed by atoms with Crippen LogP contribution in [0.15, 0.2) is 56.8 Å². The maximum Gasteiger partial charge on any atom is 0.249 e. The highest BCUT2D eigenvalue weighted by molar-refractivity contribution is 9.10. The highest BCUT2D eigenvalue weighted by atomic mass is 79.9. The van der Waals surface area contributed by atoms with E-state index >= 15 is 0 Å². The lowest BCUT2D eigenvalue weighted by Gasteiger charge is -2.04. The fourth-order valence-corrected chi connectivity index (χ4v) is 5.60. The summed E-state index contributed by atoms with van der Waals surface area (Å²) in [6.45, 7) is 0. The van der Waals surface area contributed by atoms with Gasteiger partial charge in [-0.3, -0.25) is 4.79 Å². The average Bonchev–Trinajstić information content (AvgIpc) is 2.97. The minimum Gasteiger partial charge on any atom is -0.497 e. The number of para-hydroxylation sites is 1. The second-order valence-electron chi connectivity index (χ2n) is 5.78. The Bertz CT molecular complexity index is 1160. The zero-order valence-electron chi connectivity index (χ0n) is 14.7. The Kier molecular flexibility index (Phi) is 5.83. The van der Waals surface area contributed by atoms with Crippen LogP contribution in [0.2, 0.25) is 0 Å². The summed E-state index contributed by atoms with van der Waals surface area (Å²) in [5.74, 6) is -0.186. The minimum atomic E-state index is -3.56. The van der Waals surface area contributed by atoms with Crippen LogP contribution >= 0.6 is 27.3 Å². The molecule has 0 fully saturated rings. The summed E-state index contributed by atoms with van der Waals surface area (Å²) in [7, 11) is -0.228. The predicted molar refractivity (Wildman–Crippen MR) is 109 cm³/mol. The fraction of sp³-hybridized carbons (Fsp3) is 0.222. The molecule has 6 nitrogen and oxygen atoms in total. The zero-order chi connectivity index (χ0) is 19.6. The SMILES string of the molecule is COc1ccc(S(=O)(=O)CCC(=O)N=c2sc3cccc(Br)c3n2C)cc1. The maximum atomic E-state index is 12.4. The van der Waals surface area contributed by atoms with Gasteiger partial charge in [-0.2, -0.15) is 4.99 Å². The van der Waals surface area contributed by atoms with E-state index in [4.69, 9.17) is 4.74 Å². The standard InChI is InChI=1S/C18H17BrN2O4S2/c1-21-17-14(19)4-3-5-15(17)26-18(21)20-16(22)10-11-27(23,24)13-8-6-12(25-2)7-9-13/h3-9H,10-11H2,1-2H3. The normalized spacial score (nSPS) is 12.5. The number of carbonyl (C=O) groups excluding carboxylic acids is 1. The van der Waals surface area contributed by atoms with Crippen molar-refractivity contribution >= 4 is 53.2 Å². The van der Waals surface area contributed by atoms with Gasteiger partial charge in [-0.1, -0.05) is 17.4 Å². The van der Waals surface area contributed by atoms with Crippen molar-refractivity contribution in [2.75, 3.05) is 12.9 Å². The van der Waals surface area contributed by atoms with E-state index in [2.05, 4.69) is 20.9 Å². The van der Waals surface area contributed by atoms with Crippen molar-refractivity contribution < 1.29 is 17.9 Å². The largest absolute Gasteiger partial charge is 0.497 e. The maximum absolute atomic E-state index is 12.4. The number of nitrogens with zero attached hydrogens (tertiary/aromatic N) is 2. The van der Waals surface area contributed by atoms with Crippen LogP contribution in [0.5, 0.6) is 5.75 Å². The van der Waals surface area contributed by atoms with E-state index in [1.165, 1.54) is 30.6 Å². The Morgan fingerprint density at radius 1 is 1.22 bits per heavy atom. The van der Waals surface area contributed by atoms with Crippen molar-refractivity contribution in [2.45, 2.75) is 11.3 Å². The molecule has 0 bridgehead atoms. The fourth-order valence-electron chi connectivity index (χ4n) is 2.55. The van der Waals surface area contributed by atoms with E-state index in [1.807, 2.05) is 29.8 Å². The lowest BCUT2D eigenvalue weighted by molar-refractivity contribution is -0.117. The number of hydrogen-bond acceptors (Lipinski definition) is 5. The third-order valence-corrected chi connectivity index (χ3v) is 7.47. The Hall–Kier alpha value is -1.97. The van der Waals surface area contributed by atoms with Crippen LogP contribution in [0, 0.1) is 0 Å². The Morgan fingerprint density at radius 3 is 2.56 bits per heavy atom. The molecule has 0 radical (unpaired) electrons. The van der Waals surface area contributed by atoms with Gasteiger partial charge in [0.15, 0.2) is 14.6 Å². The van der Waals surface area contributed by atoms with Gasteiger partial charge in [-0.15, -0.1) is 0 Å². The molecule has 1 heterocycles. The second kappa shape index (κ2) is 7.95. The van der Waals surface area contributed by atoms with Crippen molar-refractivity contribution in [2.24, 2.45) is 12.0 Å². The zero-order valence-corrected chi connectivity index (χ0v) is 17.9. The van der Waals surface area contributed by atoms with E-state index in [-0.39, 0.29) is 17.1 Å². The number of benzene rings is 2. The number of ether oxygens (including phenoxy) is 1. The molecule has 0 aliphatic heterocycles. The summed E-state index contributed by atoms with van der Waals surface area (Å²) in [4.78, 5) is 17.0. The molecule has 0 saturated heterocycles. The molecular formula is C18H17BrN2O4S2. The number of methoxy groups -OCH3 is 1. The molecule has 1 amide bonds. The van der Waals surface area contributed by atoms with E-state index in [0.717, 1.165) is 14.7 Å². The van der Waals surface area contributed by atoms with Gasteiger partial charge in [-0.05, 0) is 52.3 Å². The molecule has 0 N–H and O–H groups in total. The number of aryl methyl sites for hydroxylation is 1. The Morgan fingerprint density at radius 2 is 1.93 bits per heavy atom.